The summed E-state index contributed by atoms with van der Waals surface area (Å²) in [5.41, 5.74) is -0.188. The van der Waals surface area contributed by atoms with Crippen LogP contribution < -0.4 is 0 Å². The molecule has 0 unspecified atom stereocenters. The van der Waals surface area contributed by atoms with Crippen LogP contribution in [0.15, 0.2) is 29.8 Å². The van der Waals surface area contributed by atoms with E-state index in [0.717, 1.165) is 26.8 Å². The number of phenols is 1. The van der Waals surface area contributed by atoms with Gasteiger partial charge < -0.3 is 28.8 Å². The molecule has 1 fully saturated rings. The Morgan fingerprint density at radius 2 is 1.61 bits per heavy atom. The van der Waals surface area contributed by atoms with Crippen LogP contribution in [0.5, 0.6) is 5.75 Å². The van der Waals surface area contributed by atoms with E-state index >= 15 is 0 Å². The minimum atomic E-state index is -1.39. The molecular weight excluding hydrogens is 480 g/mol. The molecule has 0 radical (unpaired) electrons. The molecule has 1 saturated heterocycles. The third-order valence-corrected chi connectivity index (χ3v) is 5.55. The van der Waals surface area contributed by atoms with E-state index in [0.29, 0.717) is 0 Å². The van der Waals surface area contributed by atoms with Gasteiger partial charge in [0, 0.05) is 38.3 Å². The van der Waals surface area contributed by atoms with E-state index in [9.17, 15) is 33.9 Å². The number of rotatable bonds is 8. The number of hydrogen-bond acceptors (Lipinski definition) is 12. The van der Waals surface area contributed by atoms with E-state index in [1.54, 1.807) is 0 Å². The fraction of sp³-hybridized carbons (Fsp3) is 0.417. The highest BCUT2D eigenvalue weighted by atomic mass is 16.7. The largest absolute Gasteiger partial charge is 0.507 e. The molecule has 192 valence electrons. The Morgan fingerprint density at radius 1 is 0.972 bits per heavy atom. The minimum absolute atomic E-state index is 0.0210. The Labute approximate surface area is 205 Å². The van der Waals surface area contributed by atoms with Gasteiger partial charge in [0.2, 0.25) is 0 Å². The van der Waals surface area contributed by atoms with Gasteiger partial charge in [0.15, 0.2) is 29.9 Å². The molecule has 1 aliphatic heterocycles. The second-order valence-corrected chi connectivity index (χ2v) is 8.13. The third kappa shape index (κ3) is 5.77. The summed E-state index contributed by atoms with van der Waals surface area (Å²) in [6, 6.07) is 4.07. The zero-order valence-electron chi connectivity index (χ0n) is 19.6. The van der Waals surface area contributed by atoms with Gasteiger partial charge in [-0.3, -0.25) is 28.8 Å². The van der Waals surface area contributed by atoms with Crippen LogP contribution in [0.3, 0.4) is 0 Å². The van der Waals surface area contributed by atoms with E-state index in [-0.39, 0.29) is 35.3 Å². The number of phenolic OH excluding ortho intramolecular Hbond substituents is 1. The topological polar surface area (TPSA) is 169 Å². The van der Waals surface area contributed by atoms with Crippen molar-refractivity contribution in [3.05, 3.63) is 41.0 Å². The lowest BCUT2D eigenvalue weighted by Crippen LogP contribution is -2.62. The average molecular weight is 504 g/mol. The second kappa shape index (κ2) is 11.1. The molecule has 12 nitrogen and oxygen atoms in total. The first-order valence-corrected chi connectivity index (χ1v) is 10.9. The van der Waals surface area contributed by atoms with Crippen LogP contribution >= 0.6 is 0 Å². The van der Waals surface area contributed by atoms with Gasteiger partial charge in [-0.05, 0) is 12.1 Å². The molecule has 5 atom stereocenters. The maximum atomic E-state index is 13.1. The smallest absolute Gasteiger partial charge is 0.303 e. The van der Waals surface area contributed by atoms with Gasteiger partial charge in [0.25, 0.3) is 6.47 Å². The van der Waals surface area contributed by atoms with Crippen molar-refractivity contribution >= 4 is 35.9 Å². The summed E-state index contributed by atoms with van der Waals surface area (Å²) in [6.07, 6.45) is -5.70. The molecule has 0 spiro atoms. The lowest BCUT2D eigenvalue weighted by atomic mass is 9.84. The van der Waals surface area contributed by atoms with Crippen molar-refractivity contribution in [3.8, 4) is 5.75 Å². The number of hydrogen-bond donors (Lipinski definition) is 1. The van der Waals surface area contributed by atoms with Crippen LogP contribution in [0.4, 0.5) is 0 Å². The van der Waals surface area contributed by atoms with Crippen molar-refractivity contribution in [2.24, 2.45) is 0 Å². The van der Waals surface area contributed by atoms with Gasteiger partial charge in [0.1, 0.15) is 24.6 Å². The number of fused-ring (bicyclic) bond motifs is 1. The third-order valence-electron chi connectivity index (χ3n) is 5.55. The lowest BCUT2D eigenvalue weighted by Gasteiger charge is -2.44. The monoisotopic (exact) mass is 504 g/mol. The Morgan fingerprint density at radius 3 is 2.19 bits per heavy atom. The number of aromatic hydroxyl groups is 1. The molecule has 1 aliphatic carbocycles. The maximum Gasteiger partial charge on any atom is 0.303 e. The first-order valence-electron chi connectivity index (χ1n) is 10.9. The quantitative estimate of drug-likeness (QED) is 0.301. The first-order chi connectivity index (χ1) is 17.0. The molecule has 36 heavy (non-hydrogen) atoms. The summed E-state index contributed by atoms with van der Waals surface area (Å²) in [6.45, 7) is 2.98. The van der Waals surface area contributed by atoms with Crippen molar-refractivity contribution < 1.29 is 57.6 Å². The molecule has 0 bridgehead atoms. The Hall–Kier alpha value is -4.06. The molecule has 0 aromatic heterocycles. The summed E-state index contributed by atoms with van der Waals surface area (Å²) in [7, 11) is 0. The average Bonchev–Trinajstić information content (AvgIpc) is 2.79. The number of carbonyl (C=O) groups excluding carboxylic acids is 6. The Balaban J connectivity index is 2.00. The number of ether oxygens (including phenoxy) is 5. The molecule has 1 aromatic carbocycles. The van der Waals surface area contributed by atoms with Gasteiger partial charge in [-0.25, -0.2) is 0 Å². The maximum absolute atomic E-state index is 13.1. The van der Waals surface area contributed by atoms with Crippen molar-refractivity contribution in [2.45, 2.75) is 57.7 Å². The van der Waals surface area contributed by atoms with Gasteiger partial charge in [-0.15, -0.1) is 0 Å². The number of Topliss-reactive ketones (excluding diaryl/α,β-unsaturated/α-hetero) is 1. The van der Waals surface area contributed by atoms with Gasteiger partial charge >= 0.3 is 17.9 Å². The van der Waals surface area contributed by atoms with Crippen LogP contribution in [-0.4, -0.2) is 78.2 Å². The molecule has 1 N–H and O–H groups in total. The standard InChI is InChI=1S/C24H24O12/c1-11(26)32-9-19-23(35-13(3)28)24(33-10-25)22(34-12(2)27)18(36-19)8-14-7-17(30)20-15(21(14)31)5-4-6-16(20)29/h4-7,10,18-19,22-24,29H,8-9H2,1-3H3/t18-,19+,22-,23+,24+/m0/s1. The Kier molecular flexibility index (Phi) is 8.20. The Bertz CT molecular complexity index is 1120. The van der Waals surface area contributed by atoms with Crippen LogP contribution in [0.25, 0.3) is 0 Å². The van der Waals surface area contributed by atoms with Crippen molar-refractivity contribution in [1.82, 2.24) is 0 Å². The molecule has 3 rings (SSSR count). The molecule has 1 aromatic rings. The van der Waals surface area contributed by atoms with Gasteiger partial charge in [-0.2, -0.15) is 0 Å². The normalized spacial score (nSPS) is 25.2. The number of benzene rings is 1. The highest BCUT2D eigenvalue weighted by molar-refractivity contribution is 6.25. The summed E-state index contributed by atoms with van der Waals surface area (Å²) < 4.78 is 26.7. The number of ketones is 2. The molecule has 1 heterocycles. The highest BCUT2D eigenvalue weighted by Gasteiger charge is 2.52. The highest BCUT2D eigenvalue weighted by Crippen LogP contribution is 2.35. The zero-order valence-corrected chi connectivity index (χ0v) is 19.6. The summed E-state index contributed by atoms with van der Waals surface area (Å²) in [5, 5.41) is 10.0. The molecular formula is C24H24O12. The number of allylic oxidation sites excluding steroid dienone is 1. The molecule has 2 aliphatic rings. The van der Waals surface area contributed by atoms with E-state index in [1.807, 2.05) is 0 Å². The predicted molar refractivity (Wildman–Crippen MR) is 117 cm³/mol. The van der Waals surface area contributed by atoms with Gasteiger partial charge in [0.05, 0.1) is 5.56 Å². The first kappa shape index (κ1) is 26.5. The lowest BCUT2D eigenvalue weighted by molar-refractivity contribution is -0.249. The fourth-order valence-electron chi connectivity index (χ4n) is 4.20. The minimum Gasteiger partial charge on any atom is -0.507 e. The van der Waals surface area contributed by atoms with Crippen LogP contribution in [0.1, 0.15) is 47.9 Å². The van der Waals surface area contributed by atoms with Crippen molar-refractivity contribution in [1.29, 1.82) is 0 Å². The van der Waals surface area contributed by atoms with Gasteiger partial charge in [-0.1, -0.05) is 12.1 Å². The zero-order chi connectivity index (χ0) is 26.6. The van der Waals surface area contributed by atoms with Crippen LogP contribution in [0.2, 0.25) is 0 Å². The summed E-state index contributed by atoms with van der Waals surface area (Å²) >= 11 is 0. The SMILES string of the molecule is CC(=O)OC[C@H]1O[C@@H](CC2=CC(=O)c3c(O)cccc3C2=O)[C@H](OC(C)=O)[C@@H](OC=O)[C@@H]1OC(C)=O. The van der Waals surface area contributed by atoms with Crippen molar-refractivity contribution in [3.63, 3.8) is 0 Å². The van der Waals surface area contributed by atoms with Crippen LogP contribution in [0, 0.1) is 0 Å². The van der Waals surface area contributed by atoms with E-state index < -0.39 is 66.6 Å². The molecule has 12 heteroatoms. The van der Waals surface area contributed by atoms with Crippen LogP contribution in [-0.2, 0) is 42.9 Å². The van der Waals surface area contributed by atoms with E-state index in [2.05, 4.69) is 0 Å². The molecule has 0 amide bonds. The molecule has 0 saturated carbocycles. The number of esters is 3. The van der Waals surface area contributed by atoms with E-state index in [1.165, 1.54) is 18.2 Å². The summed E-state index contributed by atoms with van der Waals surface area (Å²) in [5.74, 6) is -3.77. The summed E-state index contributed by atoms with van der Waals surface area (Å²) in [4.78, 5) is 72.1. The van der Waals surface area contributed by atoms with Crippen molar-refractivity contribution in [2.75, 3.05) is 6.61 Å². The van der Waals surface area contributed by atoms with E-state index in [4.69, 9.17) is 23.7 Å². The fourth-order valence-corrected chi connectivity index (χ4v) is 4.20. The second-order valence-electron chi connectivity index (χ2n) is 8.13. The number of carbonyl (C=O) groups is 6. The predicted octanol–water partition coefficient (Wildman–Crippen LogP) is 0.823.